The van der Waals surface area contributed by atoms with Gasteiger partial charge in [-0.3, -0.25) is 20.2 Å². The van der Waals surface area contributed by atoms with Crippen LogP contribution in [0.5, 0.6) is 0 Å². The fourth-order valence-corrected chi connectivity index (χ4v) is 4.62. The maximum Gasteiger partial charge on any atom is 0.286 e. The van der Waals surface area contributed by atoms with Crippen LogP contribution in [0.15, 0.2) is 71.8 Å². The van der Waals surface area contributed by atoms with E-state index in [0.29, 0.717) is 34.4 Å². The van der Waals surface area contributed by atoms with Gasteiger partial charge in [-0.2, -0.15) is 5.10 Å². The number of carbonyl (C=O) groups is 1. The van der Waals surface area contributed by atoms with Gasteiger partial charge in [0, 0.05) is 18.0 Å². The van der Waals surface area contributed by atoms with Crippen LogP contribution in [0.3, 0.4) is 0 Å². The minimum atomic E-state index is -0.325. The van der Waals surface area contributed by atoms with Crippen molar-refractivity contribution < 1.29 is 9.18 Å². The first-order valence-electron chi connectivity index (χ1n) is 10.2. The molecule has 1 amide bonds. The van der Waals surface area contributed by atoms with Gasteiger partial charge in [0.1, 0.15) is 11.5 Å². The van der Waals surface area contributed by atoms with Crippen LogP contribution in [-0.2, 0) is 11.2 Å². The van der Waals surface area contributed by atoms with E-state index in [4.69, 9.17) is 23.2 Å². The van der Waals surface area contributed by atoms with E-state index in [-0.39, 0.29) is 17.8 Å². The quantitative estimate of drug-likeness (QED) is 0.547. The molecular weight excluding hydrogens is 450 g/mol. The molecule has 5 nitrogen and oxygen atoms in total. The normalized spacial score (nSPS) is 17.3. The highest BCUT2D eigenvalue weighted by molar-refractivity contribution is 6.40. The number of nitrogens with one attached hydrogen (secondary N) is 1. The Bertz CT molecular complexity index is 1210. The highest BCUT2D eigenvalue weighted by Gasteiger charge is 2.34. The van der Waals surface area contributed by atoms with Gasteiger partial charge in [-0.1, -0.05) is 53.5 Å². The summed E-state index contributed by atoms with van der Waals surface area (Å²) in [6.07, 6.45) is 1.22. The zero-order chi connectivity index (χ0) is 22.2. The molecule has 5 rings (SSSR count). The Kier molecular flexibility index (Phi) is 5.49. The third-order valence-electron chi connectivity index (χ3n) is 5.71. The Morgan fingerprint density at radius 2 is 1.81 bits per heavy atom. The van der Waals surface area contributed by atoms with Gasteiger partial charge in [-0.25, -0.2) is 4.39 Å². The van der Waals surface area contributed by atoms with Gasteiger partial charge in [-0.15, -0.1) is 0 Å². The number of hydrogen-bond acceptors (Lipinski definition) is 4. The Balaban J connectivity index is 1.44. The molecular formula is C24H19Cl2FN4O. The van der Waals surface area contributed by atoms with Crippen LogP contribution in [0.25, 0.3) is 0 Å². The van der Waals surface area contributed by atoms with E-state index in [1.165, 1.54) is 17.7 Å². The van der Waals surface area contributed by atoms with Gasteiger partial charge in [0.15, 0.2) is 0 Å². The number of hydrazine groups is 1. The summed E-state index contributed by atoms with van der Waals surface area (Å²) in [4.78, 5) is 13.1. The van der Waals surface area contributed by atoms with Crippen LogP contribution in [0.4, 0.5) is 15.8 Å². The average Bonchev–Trinajstić information content (AvgIpc) is 3.39. The molecule has 0 spiro atoms. The van der Waals surface area contributed by atoms with Crippen LogP contribution in [0, 0.1) is 5.82 Å². The van der Waals surface area contributed by atoms with Crippen molar-refractivity contribution in [3.63, 3.8) is 0 Å². The van der Waals surface area contributed by atoms with Crippen molar-refractivity contribution in [1.29, 1.82) is 0 Å². The lowest BCUT2D eigenvalue weighted by Crippen LogP contribution is -2.44. The van der Waals surface area contributed by atoms with Crippen LogP contribution in [0.1, 0.15) is 23.6 Å². The first kappa shape index (κ1) is 20.8. The van der Waals surface area contributed by atoms with E-state index in [1.807, 2.05) is 23.2 Å². The second kappa shape index (κ2) is 8.45. The Morgan fingerprint density at radius 3 is 2.59 bits per heavy atom. The van der Waals surface area contributed by atoms with Crippen molar-refractivity contribution in [2.75, 3.05) is 16.6 Å². The monoisotopic (exact) mass is 468 g/mol. The first-order valence-corrected chi connectivity index (χ1v) is 11.0. The Labute approximate surface area is 195 Å². The lowest BCUT2D eigenvalue weighted by molar-refractivity contribution is -0.115. The van der Waals surface area contributed by atoms with Gasteiger partial charge in [0.25, 0.3) is 5.91 Å². The van der Waals surface area contributed by atoms with E-state index >= 15 is 0 Å². The van der Waals surface area contributed by atoms with Crippen LogP contribution in [0.2, 0.25) is 10.0 Å². The standard InChI is InChI=1S/C24H19Cl2FN4O/c25-17-7-10-22(19(26)13-17)31-23(16-5-8-18(27)9-6-16)14-20(28-31)24(32)29-30-12-11-15-3-1-2-4-21(15)30/h1-10,13,23H,11-12,14H2,(H,29,32)/t23-/m0/s1. The third kappa shape index (κ3) is 3.92. The first-order chi connectivity index (χ1) is 15.5. The molecule has 0 saturated carbocycles. The topological polar surface area (TPSA) is 47.9 Å². The molecule has 3 aromatic carbocycles. The van der Waals surface area contributed by atoms with Crippen molar-refractivity contribution in [2.24, 2.45) is 5.10 Å². The van der Waals surface area contributed by atoms with Crippen molar-refractivity contribution in [3.05, 3.63) is 93.7 Å². The summed E-state index contributed by atoms with van der Waals surface area (Å²) in [7, 11) is 0. The molecule has 0 radical (unpaired) electrons. The minimum absolute atomic E-state index is 0.276. The lowest BCUT2D eigenvalue weighted by atomic mass is 10.0. The van der Waals surface area contributed by atoms with E-state index in [0.717, 1.165) is 17.7 Å². The minimum Gasteiger partial charge on any atom is -0.285 e. The molecule has 3 aromatic rings. The molecule has 0 bridgehead atoms. The molecule has 1 atom stereocenters. The zero-order valence-corrected chi connectivity index (χ0v) is 18.4. The molecule has 0 fully saturated rings. The second-order valence-electron chi connectivity index (χ2n) is 7.73. The molecule has 0 aliphatic carbocycles. The molecule has 2 aliphatic heterocycles. The molecule has 8 heteroatoms. The fourth-order valence-electron chi connectivity index (χ4n) is 4.12. The summed E-state index contributed by atoms with van der Waals surface area (Å²) >= 11 is 12.5. The summed E-state index contributed by atoms with van der Waals surface area (Å²) < 4.78 is 13.5. The summed E-state index contributed by atoms with van der Waals surface area (Å²) in [5, 5.41) is 9.10. The largest absolute Gasteiger partial charge is 0.286 e. The van der Waals surface area contributed by atoms with E-state index < -0.39 is 0 Å². The van der Waals surface area contributed by atoms with Gasteiger partial charge < -0.3 is 0 Å². The number of hydrogen-bond donors (Lipinski definition) is 1. The molecule has 0 aromatic heterocycles. The molecule has 0 saturated heterocycles. The van der Waals surface area contributed by atoms with Gasteiger partial charge in [0.05, 0.1) is 22.4 Å². The molecule has 32 heavy (non-hydrogen) atoms. The lowest BCUT2D eigenvalue weighted by Gasteiger charge is -2.25. The fraction of sp³-hybridized carbons (Fsp3) is 0.167. The predicted molar refractivity (Wildman–Crippen MR) is 126 cm³/mol. The van der Waals surface area contributed by atoms with Crippen LogP contribution < -0.4 is 15.4 Å². The number of halogens is 3. The molecule has 0 unspecified atom stereocenters. The number of para-hydroxylation sites is 1. The van der Waals surface area contributed by atoms with E-state index in [2.05, 4.69) is 16.6 Å². The second-order valence-corrected chi connectivity index (χ2v) is 8.57. The van der Waals surface area contributed by atoms with Crippen molar-refractivity contribution in [3.8, 4) is 0 Å². The highest BCUT2D eigenvalue weighted by atomic mass is 35.5. The summed E-state index contributed by atoms with van der Waals surface area (Å²) in [5.74, 6) is -0.601. The van der Waals surface area contributed by atoms with E-state index in [1.54, 1.807) is 35.3 Å². The van der Waals surface area contributed by atoms with Gasteiger partial charge >= 0.3 is 0 Å². The van der Waals surface area contributed by atoms with Crippen LogP contribution in [-0.4, -0.2) is 18.2 Å². The molecule has 2 heterocycles. The number of amides is 1. The Morgan fingerprint density at radius 1 is 1.03 bits per heavy atom. The third-order valence-corrected chi connectivity index (χ3v) is 6.25. The highest BCUT2D eigenvalue weighted by Crippen LogP contribution is 2.39. The predicted octanol–water partition coefficient (Wildman–Crippen LogP) is 5.53. The smallest absolute Gasteiger partial charge is 0.285 e. The number of benzene rings is 3. The summed E-state index contributed by atoms with van der Waals surface area (Å²) in [6.45, 7) is 0.701. The van der Waals surface area contributed by atoms with Crippen molar-refractivity contribution >= 4 is 46.2 Å². The van der Waals surface area contributed by atoms with Crippen molar-refractivity contribution in [2.45, 2.75) is 18.9 Å². The van der Waals surface area contributed by atoms with Crippen LogP contribution >= 0.6 is 23.2 Å². The van der Waals surface area contributed by atoms with E-state index in [9.17, 15) is 9.18 Å². The number of fused-ring (bicyclic) bond motifs is 1. The number of hydrazone groups is 1. The van der Waals surface area contributed by atoms with Gasteiger partial charge in [-0.05, 0) is 53.9 Å². The molecule has 2 aliphatic rings. The van der Waals surface area contributed by atoms with Gasteiger partial charge in [0.2, 0.25) is 0 Å². The summed E-state index contributed by atoms with van der Waals surface area (Å²) in [6, 6.07) is 19.0. The number of rotatable bonds is 4. The maximum absolute atomic E-state index is 13.5. The zero-order valence-electron chi connectivity index (χ0n) is 16.9. The molecule has 162 valence electrons. The number of nitrogens with zero attached hydrogens (tertiary/aromatic N) is 3. The maximum atomic E-state index is 13.5. The summed E-state index contributed by atoms with van der Waals surface area (Å²) in [5.41, 5.74) is 6.99. The molecule has 1 N–H and O–H groups in total. The number of anilines is 2. The van der Waals surface area contributed by atoms with Crippen molar-refractivity contribution in [1.82, 2.24) is 5.43 Å². The SMILES string of the molecule is O=C(NN1CCc2ccccc21)C1=NN(c2ccc(Cl)cc2Cl)[C@H](c2ccc(F)cc2)C1. The Hall–Kier alpha value is -3.09. The number of carbonyl (C=O) groups excluding carboxylic acids is 1. The average molecular weight is 469 g/mol.